The van der Waals surface area contributed by atoms with Crippen LogP contribution in [0.2, 0.25) is 0 Å². The fourth-order valence-electron chi connectivity index (χ4n) is 4.66. The zero-order chi connectivity index (χ0) is 23.4. The molecule has 2 rings (SSSR count). The molecule has 2 nitrogen and oxygen atoms in total. The van der Waals surface area contributed by atoms with Crippen LogP contribution in [0.25, 0.3) is 11.1 Å². The molecule has 0 unspecified atom stereocenters. The van der Waals surface area contributed by atoms with Gasteiger partial charge in [0.15, 0.2) is 0 Å². The molecule has 0 radical (unpaired) electrons. The normalized spacial score (nSPS) is 13.6. The van der Waals surface area contributed by atoms with Crippen LogP contribution < -0.4 is 0 Å². The van der Waals surface area contributed by atoms with E-state index in [4.69, 9.17) is 0 Å². The van der Waals surface area contributed by atoms with Gasteiger partial charge in [0.05, 0.1) is 0 Å². The molecule has 0 aliphatic rings. The maximum Gasteiger partial charge on any atom is 0.127 e. The summed E-state index contributed by atoms with van der Waals surface area (Å²) >= 11 is 0. The lowest BCUT2D eigenvalue weighted by Crippen LogP contribution is -2.33. The second kappa shape index (κ2) is 7.32. The van der Waals surface area contributed by atoms with Gasteiger partial charge >= 0.3 is 0 Å². The van der Waals surface area contributed by atoms with Crippen LogP contribution >= 0.6 is 0 Å². The molecule has 0 aliphatic carbocycles. The molecule has 0 saturated carbocycles. The van der Waals surface area contributed by atoms with Crippen molar-refractivity contribution in [1.29, 1.82) is 0 Å². The zero-order valence-corrected chi connectivity index (χ0v) is 21.2. The van der Waals surface area contributed by atoms with Crippen molar-refractivity contribution in [2.75, 3.05) is 0 Å². The van der Waals surface area contributed by atoms with Crippen molar-refractivity contribution < 1.29 is 10.2 Å². The molecule has 2 aromatic rings. The van der Waals surface area contributed by atoms with Gasteiger partial charge in [0, 0.05) is 16.7 Å². The quantitative estimate of drug-likeness (QED) is 0.500. The molecule has 166 valence electrons. The molecule has 0 fully saturated rings. The minimum absolute atomic E-state index is 0.141. The standard InChI is InChI=1S/C28H42O2/c1-25(2,3)20-19(17-15-13-14-16-18(17)29)24(30)23(28(10,11)12)22(27(7,8)9)21(20)26(4,5)6/h13-16,29-30H,1-12H3. The first-order valence-corrected chi connectivity index (χ1v) is 11.0. The van der Waals surface area contributed by atoms with E-state index in [-0.39, 0.29) is 27.4 Å². The molecule has 0 saturated heterocycles. The summed E-state index contributed by atoms with van der Waals surface area (Å²) in [5.74, 6) is 0.494. The van der Waals surface area contributed by atoms with E-state index in [1.54, 1.807) is 6.07 Å². The van der Waals surface area contributed by atoms with Crippen molar-refractivity contribution in [3.63, 3.8) is 0 Å². The number of benzene rings is 2. The van der Waals surface area contributed by atoms with E-state index in [2.05, 4.69) is 83.1 Å². The largest absolute Gasteiger partial charge is 0.507 e. The highest BCUT2D eigenvalue weighted by Crippen LogP contribution is 2.55. The molecule has 2 N–H and O–H groups in total. The van der Waals surface area contributed by atoms with Gasteiger partial charge in [-0.1, -0.05) is 101 Å². The van der Waals surface area contributed by atoms with Crippen LogP contribution in [0.4, 0.5) is 0 Å². The summed E-state index contributed by atoms with van der Waals surface area (Å²) in [5.41, 5.74) is 5.28. The summed E-state index contributed by atoms with van der Waals surface area (Å²) in [5, 5.41) is 22.7. The molecule has 0 aliphatic heterocycles. The second-order valence-electron chi connectivity index (χ2n) is 12.7. The predicted molar refractivity (Wildman–Crippen MR) is 130 cm³/mol. The first-order valence-electron chi connectivity index (χ1n) is 11.0. The van der Waals surface area contributed by atoms with Gasteiger partial charge < -0.3 is 10.2 Å². The molecule has 30 heavy (non-hydrogen) atoms. The maximum absolute atomic E-state index is 11.9. The van der Waals surface area contributed by atoms with E-state index in [1.807, 2.05) is 18.2 Å². The summed E-state index contributed by atoms with van der Waals surface area (Å²) in [7, 11) is 0. The highest BCUT2D eigenvalue weighted by Gasteiger charge is 2.41. The fourth-order valence-corrected chi connectivity index (χ4v) is 4.66. The smallest absolute Gasteiger partial charge is 0.127 e. The highest BCUT2D eigenvalue weighted by atomic mass is 16.3. The molecule has 2 heteroatoms. The monoisotopic (exact) mass is 410 g/mol. The SMILES string of the molecule is CC(C)(C)c1c(O)c(-c2ccccc2O)c(C(C)(C)C)c(C(C)(C)C)c1C(C)(C)C. The van der Waals surface area contributed by atoms with Crippen LogP contribution in [-0.2, 0) is 21.7 Å². The molecule has 0 bridgehead atoms. The Kier molecular flexibility index (Phi) is 5.93. The Hall–Kier alpha value is -1.96. The number of para-hydroxylation sites is 1. The third-order valence-electron chi connectivity index (χ3n) is 5.65. The van der Waals surface area contributed by atoms with E-state index >= 15 is 0 Å². The molecular formula is C28H42O2. The first kappa shape index (κ1) is 24.3. The molecule has 2 aromatic carbocycles. The predicted octanol–water partition coefficient (Wildman–Crippen LogP) is 7.95. The van der Waals surface area contributed by atoms with E-state index in [1.165, 1.54) is 11.1 Å². The van der Waals surface area contributed by atoms with Crippen LogP contribution in [0.15, 0.2) is 24.3 Å². The van der Waals surface area contributed by atoms with Gasteiger partial charge in [-0.2, -0.15) is 0 Å². The van der Waals surface area contributed by atoms with E-state index in [0.717, 1.165) is 16.7 Å². The van der Waals surface area contributed by atoms with Crippen molar-refractivity contribution in [3.05, 3.63) is 46.5 Å². The summed E-state index contributed by atoms with van der Waals surface area (Å²) in [6, 6.07) is 7.36. The van der Waals surface area contributed by atoms with Crippen LogP contribution in [0, 0.1) is 0 Å². The summed E-state index contributed by atoms with van der Waals surface area (Å²) in [4.78, 5) is 0. The van der Waals surface area contributed by atoms with Gasteiger partial charge in [0.25, 0.3) is 0 Å². The number of hydrogen-bond acceptors (Lipinski definition) is 2. The minimum atomic E-state index is -0.262. The van der Waals surface area contributed by atoms with Gasteiger partial charge in [-0.05, 0) is 44.4 Å². The van der Waals surface area contributed by atoms with Crippen molar-refractivity contribution in [2.45, 2.75) is 105 Å². The number of aromatic hydroxyl groups is 2. The van der Waals surface area contributed by atoms with E-state index in [9.17, 15) is 10.2 Å². The minimum Gasteiger partial charge on any atom is -0.507 e. The number of phenolic OH excluding ortho intramolecular Hbond substituents is 2. The first-order chi connectivity index (χ1) is 13.3. The Bertz CT molecular complexity index is 937. The van der Waals surface area contributed by atoms with Crippen molar-refractivity contribution >= 4 is 0 Å². The van der Waals surface area contributed by atoms with Crippen LogP contribution in [-0.4, -0.2) is 10.2 Å². The van der Waals surface area contributed by atoms with Crippen molar-refractivity contribution in [1.82, 2.24) is 0 Å². The topological polar surface area (TPSA) is 40.5 Å². The lowest BCUT2D eigenvalue weighted by atomic mass is 9.62. The van der Waals surface area contributed by atoms with Crippen LogP contribution in [0.5, 0.6) is 11.5 Å². The van der Waals surface area contributed by atoms with Crippen molar-refractivity contribution in [3.8, 4) is 22.6 Å². The van der Waals surface area contributed by atoms with Crippen LogP contribution in [0.1, 0.15) is 105 Å². The number of phenols is 2. The Morgan fingerprint density at radius 2 is 0.867 bits per heavy atom. The molecular weight excluding hydrogens is 368 g/mol. The third kappa shape index (κ3) is 4.38. The maximum atomic E-state index is 11.9. The summed E-state index contributed by atoms with van der Waals surface area (Å²) < 4.78 is 0. The lowest BCUT2D eigenvalue weighted by Gasteiger charge is -2.42. The molecule has 0 spiro atoms. The van der Waals surface area contributed by atoms with Gasteiger partial charge in [0.2, 0.25) is 0 Å². The van der Waals surface area contributed by atoms with Crippen molar-refractivity contribution in [2.24, 2.45) is 0 Å². The fraction of sp³-hybridized carbons (Fsp3) is 0.571. The average Bonchev–Trinajstić information content (AvgIpc) is 2.50. The third-order valence-corrected chi connectivity index (χ3v) is 5.65. The Labute approximate surface area is 184 Å². The van der Waals surface area contributed by atoms with Gasteiger partial charge in [0.1, 0.15) is 11.5 Å². The van der Waals surface area contributed by atoms with E-state index < -0.39 is 0 Å². The zero-order valence-electron chi connectivity index (χ0n) is 21.2. The van der Waals surface area contributed by atoms with Gasteiger partial charge in [-0.15, -0.1) is 0 Å². The molecule has 0 heterocycles. The Balaban J connectivity index is 3.38. The van der Waals surface area contributed by atoms with Gasteiger partial charge in [-0.25, -0.2) is 0 Å². The Morgan fingerprint density at radius 3 is 1.23 bits per heavy atom. The lowest BCUT2D eigenvalue weighted by molar-refractivity contribution is 0.421. The Morgan fingerprint density at radius 1 is 0.500 bits per heavy atom. The highest BCUT2D eigenvalue weighted by molar-refractivity contribution is 5.84. The summed E-state index contributed by atoms with van der Waals surface area (Å²) in [6.45, 7) is 26.5. The molecule has 0 atom stereocenters. The summed E-state index contributed by atoms with van der Waals surface area (Å²) in [6.07, 6.45) is 0. The second-order valence-corrected chi connectivity index (χ2v) is 12.7. The van der Waals surface area contributed by atoms with Gasteiger partial charge in [-0.3, -0.25) is 0 Å². The number of rotatable bonds is 1. The number of hydrogen-bond donors (Lipinski definition) is 2. The average molecular weight is 411 g/mol. The molecule has 0 aromatic heterocycles. The van der Waals surface area contributed by atoms with Crippen LogP contribution in [0.3, 0.4) is 0 Å². The van der Waals surface area contributed by atoms with E-state index in [0.29, 0.717) is 11.3 Å². The molecule has 0 amide bonds.